The highest BCUT2D eigenvalue weighted by Crippen LogP contribution is 2.09. The predicted octanol–water partition coefficient (Wildman–Crippen LogP) is 0.548. The van der Waals surface area contributed by atoms with Gasteiger partial charge in [-0.05, 0) is 20.9 Å². The van der Waals surface area contributed by atoms with Gasteiger partial charge in [-0.2, -0.15) is 0 Å². The van der Waals surface area contributed by atoms with E-state index in [1.807, 2.05) is 11.9 Å². The van der Waals surface area contributed by atoms with Crippen LogP contribution in [0.2, 0.25) is 0 Å². The first-order valence-electron chi connectivity index (χ1n) is 4.99. The smallest absolute Gasteiger partial charge is 0.226 e. The van der Waals surface area contributed by atoms with Crippen molar-refractivity contribution in [2.24, 2.45) is 0 Å². The molecule has 0 bridgehead atoms. The summed E-state index contributed by atoms with van der Waals surface area (Å²) in [5.41, 5.74) is -1.26. The van der Waals surface area contributed by atoms with Crippen molar-refractivity contribution in [1.29, 1.82) is 0 Å². The molecule has 1 aromatic rings. The van der Waals surface area contributed by atoms with Gasteiger partial charge in [-0.3, -0.25) is 9.69 Å². The van der Waals surface area contributed by atoms with E-state index in [-0.39, 0.29) is 0 Å². The second kappa shape index (κ2) is 4.67. The molecular formula is C11H17NO4. The Morgan fingerprint density at radius 1 is 1.50 bits per heavy atom. The lowest BCUT2D eigenvalue weighted by Gasteiger charge is -2.24. The Hall–Kier alpha value is -1.33. The van der Waals surface area contributed by atoms with Crippen LogP contribution in [0.25, 0.3) is 0 Å². The first kappa shape index (κ1) is 12.7. The van der Waals surface area contributed by atoms with Crippen molar-refractivity contribution in [2.75, 3.05) is 13.6 Å². The molecule has 1 aromatic heterocycles. The molecule has 0 aromatic carbocycles. The Morgan fingerprint density at radius 2 is 2.12 bits per heavy atom. The van der Waals surface area contributed by atoms with Crippen LogP contribution in [0, 0.1) is 0 Å². The Kier molecular flexibility index (Phi) is 3.72. The van der Waals surface area contributed by atoms with Gasteiger partial charge in [0, 0.05) is 12.6 Å². The maximum absolute atomic E-state index is 11.1. The number of aliphatic hydroxyl groups is 1. The zero-order valence-electron chi connectivity index (χ0n) is 9.73. The van der Waals surface area contributed by atoms with E-state index in [4.69, 9.17) is 9.52 Å². The van der Waals surface area contributed by atoms with Crippen LogP contribution < -0.4 is 5.43 Å². The summed E-state index contributed by atoms with van der Waals surface area (Å²) in [6, 6.07) is 1.25. The highest BCUT2D eigenvalue weighted by atomic mass is 16.4. The van der Waals surface area contributed by atoms with Gasteiger partial charge in [-0.15, -0.1) is 0 Å². The molecule has 0 aliphatic carbocycles. The normalized spacial score (nSPS) is 12.1. The number of hydrogen-bond acceptors (Lipinski definition) is 5. The summed E-state index contributed by atoms with van der Waals surface area (Å²) in [5, 5.41) is 18.6. The Balaban J connectivity index is 2.67. The summed E-state index contributed by atoms with van der Waals surface area (Å²) < 4.78 is 5.05. The molecule has 1 heterocycles. The molecule has 1 rings (SSSR count). The van der Waals surface area contributed by atoms with Crippen molar-refractivity contribution < 1.29 is 14.6 Å². The van der Waals surface area contributed by atoms with Crippen molar-refractivity contribution in [1.82, 2.24) is 4.90 Å². The fourth-order valence-corrected chi connectivity index (χ4v) is 1.51. The summed E-state index contributed by atoms with van der Waals surface area (Å²) in [5.74, 6) is 0.0587. The molecule has 0 aliphatic rings. The number of likely N-dealkylation sites (N-methyl/N-ethyl adjacent to an activating group) is 1. The molecule has 0 fully saturated rings. The lowest BCUT2D eigenvalue weighted by molar-refractivity contribution is 0.0405. The summed E-state index contributed by atoms with van der Waals surface area (Å²) >= 11 is 0. The fourth-order valence-electron chi connectivity index (χ4n) is 1.51. The highest BCUT2D eigenvalue weighted by Gasteiger charge is 2.16. The standard InChI is InChI=1S/C11H17NO4/c1-11(2,15)7-12(3)5-8-4-9(13)10(14)6-16-8/h4,6,14-15H,5,7H2,1-3H3. The van der Waals surface area contributed by atoms with Gasteiger partial charge in [0.2, 0.25) is 5.43 Å². The minimum Gasteiger partial charge on any atom is -0.502 e. The molecule has 0 spiro atoms. The molecule has 2 N–H and O–H groups in total. The number of nitrogens with zero attached hydrogens (tertiary/aromatic N) is 1. The van der Waals surface area contributed by atoms with Gasteiger partial charge >= 0.3 is 0 Å². The van der Waals surface area contributed by atoms with E-state index in [2.05, 4.69) is 0 Å². The average Bonchev–Trinajstić information content (AvgIpc) is 2.08. The van der Waals surface area contributed by atoms with Gasteiger partial charge < -0.3 is 14.6 Å². The summed E-state index contributed by atoms with van der Waals surface area (Å²) in [6.07, 6.45) is 1.02. The molecule has 0 atom stereocenters. The molecule has 0 saturated carbocycles. The van der Waals surface area contributed by atoms with Crippen LogP contribution in [0.3, 0.4) is 0 Å². The third-order valence-electron chi connectivity index (χ3n) is 1.95. The maximum Gasteiger partial charge on any atom is 0.226 e. The van der Waals surface area contributed by atoms with Crippen LogP contribution in [0.4, 0.5) is 0 Å². The van der Waals surface area contributed by atoms with Gasteiger partial charge in [0.05, 0.1) is 12.1 Å². The maximum atomic E-state index is 11.1. The molecule has 0 aliphatic heterocycles. The van der Waals surface area contributed by atoms with E-state index in [9.17, 15) is 9.90 Å². The minimum atomic E-state index is -0.800. The Bertz CT molecular complexity index is 405. The number of aromatic hydroxyl groups is 1. The van der Waals surface area contributed by atoms with Gasteiger partial charge in [-0.25, -0.2) is 0 Å². The third-order valence-corrected chi connectivity index (χ3v) is 1.95. The quantitative estimate of drug-likeness (QED) is 0.785. The highest BCUT2D eigenvalue weighted by molar-refractivity contribution is 5.15. The topological polar surface area (TPSA) is 73.9 Å². The predicted molar refractivity (Wildman–Crippen MR) is 59.3 cm³/mol. The van der Waals surface area contributed by atoms with E-state index in [1.165, 1.54) is 6.07 Å². The summed E-state index contributed by atoms with van der Waals surface area (Å²) in [7, 11) is 1.81. The molecule has 90 valence electrons. The fraction of sp³-hybridized carbons (Fsp3) is 0.545. The second-order valence-corrected chi connectivity index (χ2v) is 4.58. The van der Waals surface area contributed by atoms with E-state index in [0.717, 1.165) is 6.26 Å². The monoisotopic (exact) mass is 227 g/mol. The largest absolute Gasteiger partial charge is 0.502 e. The average molecular weight is 227 g/mol. The third kappa shape index (κ3) is 4.04. The summed E-state index contributed by atoms with van der Waals surface area (Å²) in [4.78, 5) is 13.0. The van der Waals surface area contributed by atoms with E-state index >= 15 is 0 Å². The lowest BCUT2D eigenvalue weighted by Crippen LogP contribution is -2.35. The van der Waals surface area contributed by atoms with Crippen molar-refractivity contribution >= 4 is 0 Å². The second-order valence-electron chi connectivity index (χ2n) is 4.58. The van der Waals surface area contributed by atoms with Crippen molar-refractivity contribution in [2.45, 2.75) is 26.0 Å². The SMILES string of the molecule is CN(Cc1cc(=O)c(O)co1)CC(C)(C)O. The van der Waals surface area contributed by atoms with Crippen LogP contribution in [-0.2, 0) is 6.54 Å². The first-order valence-corrected chi connectivity index (χ1v) is 4.99. The van der Waals surface area contributed by atoms with Crippen LogP contribution in [0.5, 0.6) is 5.75 Å². The lowest BCUT2D eigenvalue weighted by atomic mass is 10.1. The van der Waals surface area contributed by atoms with Crippen LogP contribution in [0.15, 0.2) is 21.5 Å². The Morgan fingerprint density at radius 3 is 2.62 bits per heavy atom. The molecule has 16 heavy (non-hydrogen) atoms. The molecular weight excluding hydrogens is 210 g/mol. The molecule has 0 radical (unpaired) electrons. The van der Waals surface area contributed by atoms with E-state index < -0.39 is 16.8 Å². The van der Waals surface area contributed by atoms with Crippen LogP contribution >= 0.6 is 0 Å². The van der Waals surface area contributed by atoms with Gasteiger partial charge in [0.15, 0.2) is 5.75 Å². The first-order chi connectivity index (χ1) is 7.28. The molecule has 0 unspecified atom stereocenters. The van der Waals surface area contributed by atoms with Gasteiger partial charge in [-0.1, -0.05) is 0 Å². The van der Waals surface area contributed by atoms with Crippen LogP contribution in [-0.4, -0.2) is 34.3 Å². The van der Waals surface area contributed by atoms with Crippen LogP contribution in [0.1, 0.15) is 19.6 Å². The molecule has 5 heteroatoms. The molecule has 0 amide bonds. The van der Waals surface area contributed by atoms with E-state index in [1.54, 1.807) is 13.8 Å². The van der Waals surface area contributed by atoms with Crippen molar-refractivity contribution in [3.05, 3.63) is 28.3 Å². The zero-order chi connectivity index (χ0) is 12.3. The number of hydrogen-bond donors (Lipinski definition) is 2. The van der Waals surface area contributed by atoms with E-state index in [0.29, 0.717) is 18.8 Å². The summed E-state index contributed by atoms with van der Waals surface area (Å²) in [6.45, 7) is 4.27. The van der Waals surface area contributed by atoms with Gasteiger partial charge in [0.25, 0.3) is 0 Å². The molecule has 0 saturated heterocycles. The minimum absolute atomic E-state index is 0.395. The Labute approximate surface area is 93.9 Å². The van der Waals surface area contributed by atoms with Crippen molar-refractivity contribution in [3.8, 4) is 5.75 Å². The number of rotatable bonds is 4. The molecule has 5 nitrogen and oxygen atoms in total. The zero-order valence-corrected chi connectivity index (χ0v) is 9.73. The van der Waals surface area contributed by atoms with Gasteiger partial charge in [0.1, 0.15) is 12.0 Å². The van der Waals surface area contributed by atoms with Crippen molar-refractivity contribution in [3.63, 3.8) is 0 Å².